The Labute approximate surface area is 108 Å². The molecule has 5 nitrogen and oxygen atoms in total. The fourth-order valence-electron chi connectivity index (χ4n) is 1.08. The Bertz CT molecular complexity index is 556. The lowest BCUT2D eigenvalue weighted by molar-refractivity contribution is 0.0697. The summed E-state index contributed by atoms with van der Waals surface area (Å²) in [6.45, 7) is 0. The van der Waals surface area contributed by atoms with Crippen LogP contribution in [0.2, 0.25) is 10.0 Å². The predicted molar refractivity (Wildman–Crippen MR) is 66.8 cm³/mol. The second-order valence-corrected chi connectivity index (χ2v) is 6.32. The number of anilines is 1. The van der Waals surface area contributed by atoms with E-state index in [4.69, 9.17) is 28.3 Å². The molecule has 94 valence electrons. The van der Waals surface area contributed by atoms with E-state index >= 15 is 0 Å². The van der Waals surface area contributed by atoms with Gasteiger partial charge in [-0.15, -0.1) is 0 Å². The summed E-state index contributed by atoms with van der Waals surface area (Å²) in [5.41, 5.74) is -0.0165. The molecule has 0 fully saturated rings. The Balaban J connectivity index is 3.12. The molecule has 0 aromatic heterocycles. The van der Waals surface area contributed by atoms with Crippen LogP contribution in [0, 0.1) is 0 Å². The number of halogens is 2. The summed E-state index contributed by atoms with van der Waals surface area (Å²) in [7, 11) is -3.25. The molecule has 0 aliphatic carbocycles. The fraction of sp³-hybridized carbons (Fsp3) is 0.222. The first-order chi connectivity index (χ1) is 7.70. The lowest BCUT2D eigenvalue weighted by Crippen LogP contribution is -2.13. The van der Waals surface area contributed by atoms with Gasteiger partial charge in [-0.2, -0.15) is 0 Å². The topological polar surface area (TPSA) is 83.5 Å². The molecule has 1 aromatic rings. The monoisotopic (exact) mass is 297 g/mol. The molecule has 0 aliphatic rings. The average molecular weight is 298 g/mol. The average Bonchev–Trinajstić information content (AvgIpc) is 2.17. The standard InChI is InChI=1S/C9H9Cl2NO4S/c1-17(15,16)4-12-7-3-5(10)2-6(8(7)11)9(13)14/h2-3,12H,4H2,1H3,(H,13,14). The van der Waals surface area contributed by atoms with E-state index in [0.717, 1.165) is 6.26 Å². The maximum absolute atomic E-state index is 11.0. The molecule has 1 rings (SSSR count). The molecule has 0 bridgehead atoms. The molecule has 17 heavy (non-hydrogen) atoms. The van der Waals surface area contributed by atoms with Crippen molar-refractivity contribution in [1.82, 2.24) is 0 Å². The van der Waals surface area contributed by atoms with Crippen molar-refractivity contribution in [3.8, 4) is 0 Å². The van der Waals surface area contributed by atoms with E-state index < -0.39 is 15.8 Å². The van der Waals surface area contributed by atoms with Crippen molar-refractivity contribution < 1.29 is 18.3 Å². The number of nitrogens with one attached hydrogen (secondary N) is 1. The summed E-state index contributed by atoms with van der Waals surface area (Å²) in [6, 6.07) is 2.55. The maximum atomic E-state index is 11.0. The van der Waals surface area contributed by atoms with Crippen LogP contribution in [0.4, 0.5) is 5.69 Å². The van der Waals surface area contributed by atoms with Gasteiger partial charge in [-0.05, 0) is 12.1 Å². The molecule has 0 heterocycles. The van der Waals surface area contributed by atoms with Gasteiger partial charge in [0.25, 0.3) is 0 Å². The number of rotatable bonds is 4. The Hall–Kier alpha value is -0.980. The Morgan fingerprint density at radius 2 is 2.00 bits per heavy atom. The number of hydrogen-bond acceptors (Lipinski definition) is 4. The zero-order chi connectivity index (χ0) is 13.2. The molecule has 0 radical (unpaired) electrons. The molecule has 0 aliphatic heterocycles. The molecule has 0 saturated heterocycles. The Kier molecular flexibility index (Phi) is 4.24. The molecule has 0 atom stereocenters. The highest BCUT2D eigenvalue weighted by molar-refractivity contribution is 7.90. The van der Waals surface area contributed by atoms with Crippen molar-refractivity contribution in [1.29, 1.82) is 0 Å². The summed E-state index contributed by atoms with van der Waals surface area (Å²) in [6.07, 6.45) is 1.04. The molecule has 1 aromatic carbocycles. The first-order valence-electron chi connectivity index (χ1n) is 4.34. The van der Waals surface area contributed by atoms with Gasteiger partial charge in [0.2, 0.25) is 0 Å². The lowest BCUT2D eigenvalue weighted by atomic mass is 10.2. The summed E-state index contributed by atoms with van der Waals surface area (Å²) < 4.78 is 21.9. The zero-order valence-electron chi connectivity index (χ0n) is 8.70. The minimum atomic E-state index is -3.25. The maximum Gasteiger partial charge on any atom is 0.337 e. The quantitative estimate of drug-likeness (QED) is 0.889. The van der Waals surface area contributed by atoms with Crippen LogP contribution < -0.4 is 5.32 Å². The summed E-state index contributed by atoms with van der Waals surface area (Å²) >= 11 is 11.5. The smallest absolute Gasteiger partial charge is 0.337 e. The third-order valence-electron chi connectivity index (χ3n) is 1.79. The Morgan fingerprint density at radius 1 is 1.41 bits per heavy atom. The van der Waals surface area contributed by atoms with E-state index in [2.05, 4.69) is 5.32 Å². The number of carbonyl (C=O) groups is 1. The molecule has 0 saturated carbocycles. The molecule has 0 spiro atoms. The van der Waals surface area contributed by atoms with Crippen LogP contribution in [0.3, 0.4) is 0 Å². The van der Waals surface area contributed by atoms with Crippen LogP contribution >= 0.6 is 23.2 Å². The van der Waals surface area contributed by atoms with Crippen molar-refractivity contribution >= 4 is 44.7 Å². The van der Waals surface area contributed by atoms with Gasteiger partial charge in [0.05, 0.1) is 16.3 Å². The molecular weight excluding hydrogens is 289 g/mol. The van der Waals surface area contributed by atoms with Crippen LogP contribution in [-0.4, -0.2) is 31.6 Å². The van der Waals surface area contributed by atoms with E-state index in [1.807, 2.05) is 0 Å². The third-order valence-corrected chi connectivity index (χ3v) is 3.09. The normalized spacial score (nSPS) is 11.2. The highest BCUT2D eigenvalue weighted by Crippen LogP contribution is 2.30. The number of aromatic carboxylic acids is 1. The predicted octanol–water partition coefficient (Wildman–Crippen LogP) is 2.11. The van der Waals surface area contributed by atoms with Gasteiger partial charge in [-0.25, -0.2) is 13.2 Å². The van der Waals surface area contributed by atoms with E-state index in [1.165, 1.54) is 12.1 Å². The van der Waals surface area contributed by atoms with Crippen LogP contribution in [0.15, 0.2) is 12.1 Å². The van der Waals surface area contributed by atoms with Gasteiger partial charge in [-0.3, -0.25) is 0 Å². The van der Waals surface area contributed by atoms with Crippen molar-refractivity contribution in [3.63, 3.8) is 0 Å². The van der Waals surface area contributed by atoms with E-state index in [1.54, 1.807) is 0 Å². The second-order valence-electron chi connectivity index (χ2n) is 3.37. The number of benzene rings is 1. The summed E-state index contributed by atoms with van der Waals surface area (Å²) in [5.74, 6) is -1.59. The Morgan fingerprint density at radius 3 is 2.47 bits per heavy atom. The highest BCUT2D eigenvalue weighted by Gasteiger charge is 2.15. The molecule has 0 amide bonds. The van der Waals surface area contributed by atoms with Gasteiger partial charge >= 0.3 is 5.97 Å². The minimum absolute atomic E-state index is 0.0782. The molecule has 8 heteroatoms. The van der Waals surface area contributed by atoms with E-state index in [-0.39, 0.29) is 27.2 Å². The lowest BCUT2D eigenvalue weighted by Gasteiger charge is -2.10. The summed E-state index contributed by atoms with van der Waals surface area (Å²) in [4.78, 5) is 10.8. The first-order valence-corrected chi connectivity index (χ1v) is 7.16. The minimum Gasteiger partial charge on any atom is -0.478 e. The second kappa shape index (κ2) is 5.12. The van der Waals surface area contributed by atoms with Crippen molar-refractivity contribution in [2.45, 2.75) is 0 Å². The highest BCUT2D eigenvalue weighted by atomic mass is 35.5. The van der Waals surface area contributed by atoms with Crippen LogP contribution in [0.25, 0.3) is 0 Å². The molecular formula is C9H9Cl2NO4S. The number of hydrogen-bond donors (Lipinski definition) is 2. The van der Waals surface area contributed by atoms with Crippen LogP contribution in [-0.2, 0) is 9.84 Å². The van der Waals surface area contributed by atoms with Gasteiger partial charge < -0.3 is 10.4 Å². The van der Waals surface area contributed by atoms with Gasteiger partial charge in [0.1, 0.15) is 5.88 Å². The van der Waals surface area contributed by atoms with Gasteiger partial charge in [0, 0.05) is 11.3 Å². The van der Waals surface area contributed by atoms with Crippen molar-refractivity contribution in [3.05, 3.63) is 27.7 Å². The van der Waals surface area contributed by atoms with Crippen molar-refractivity contribution in [2.75, 3.05) is 17.4 Å². The first kappa shape index (κ1) is 14.1. The zero-order valence-corrected chi connectivity index (χ0v) is 11.0. The molecule has 2 N–H and O–H groups in total. The SMILES string of the molecule is CS(=O)(=O)CNc1cc(Cl)cc(C(=O)O)c1Cl. The van der Waals surface area contributed by atoms with Crippen molar-refractivity contribution in [2.24, 2.45) is 0 Å². The van der Waals surface area contributed by atoms with Crippen LogP contribution in [0.5, 0.6) is 0 Å². The largest absolute Gasteiger partial charge is 0.478 e. The van der Waals surface area contributed by atoms with Gasteiger partial charge in [0.15, 0.2) is 9.84 Å². The number of carboxylic acid groups (broad SMARTS) is 1. The number of carboxylic acids is 1. The van der Waals surface area contributed by atoms with Crippen LogP contribution in [0.1, 0.15) is 10.4 Å². The fourth-order valence-corrected chi connectivity index (χ4v) is 1.98. The number of sulfone groups is 1. The van der Waals surface area contributed by atoms with E-state index in [9.17, 15) is 13.2 Å². The van der Waals surface area contributed by atoms with Gasteiger partial charge in [-0.1, -0.05) is 23.2 Å². The third kappa shape index (κ3) is 4.07. The van der Waals surface area contributed by atoms with E-state index in [0.29, 0.717) is 0 Å². The molecule has 0 unspecified atom stereocenters. The summed E-state index contributed by atoms with van der Waals surface area (Å²) in [5, 5.41) is 11.5.